The van der Waals surface area contributed by atoms with Gasteiger partial charge in [-0.15, -0.1) is 0 Å². The maximum atomic E-state index is 12.3. The summed E-state index contributed by atoms with van der Waals surface area (Å²) >= 11 is 0. The van der Waals surface area contributed by atoms with Gasteiger partial charge in [0.2, 0.25) is 5.75 Å². The van der Waals surface area contributed by atoms with Crippen molar-refractivity contribution in [3.63, 3.8) is 0 Å². The number of benzene rings is 2. The highest BCUT2D eigenvalue weighted by Gasteiger charge is 2.34. The van der Waals surface area contributed by atoms with Gasteiger partial charge < -0.3 is 18.9 Å². The molecule has 160 valence electrons. The van der Waals surface area contributed by atoms with Crippen molar-refractivity contribution in [1.29, 1.82) is 0 Å². The number of methoxy groups -OCH3 is 2. The largest absolute Gasteiger partial charge is 0.493 e. The lowest BCUT2D eigenvalue weighted by atomic mass is 9.96. The van der Waals surface area contributed by atoms with E-state index in [2.05, 4.69) is 0 Å². The lowest BCUT2D eigenvalue weighted by molar-refractivity contribution is 0.0417. The number of ether oxygens (including phenoxy) is 4. The molecule has 1 aliphatic heterocycles. The van der Waals surface area contributed by atoms with Crippen LogP contribution in [0.5, 0.6) is 17.2 Å². The predicted molar refractivity (Wildman–Crippen MR) is 117 cm³/mol. The smallest absolute Gasteiger partial charge is 0.341 e. The third-order valence-electron chi connectivity index (χ3n) is 5.64. The normalized spacial score (nSPS) is 14.7. The minimum atomic E-state index is -0.394. The molecule has 2 aromatic carbocycles. The Morgan fingerprint density at radius 2 is 1.71 bits per heavy atom. The summed E-state index contributed by atoms with van der Waals surface area (Å²) in [7, 11) is 3.17. The molecule has 4 rings (SSSR count). The Balaban J connectivity index is 1.88. The summed E-state index contributed by atoms with van der Waals surface area (Å²) in [6.07, 6.45) is -0.394. The van der Waals surface area contributed by atoms with E-state index in [0.29, 0.717) is 35.1 Å². The number of fused-ring (bicyclic) bond motifs is 1. The molecule has 0 amide bonds. The van der Waals surface area contributed by atoms with Crippen molar-refractivity contribution in [2.24, 2.45) is 0 Å². The average Bonchev–Trinajstić information content (AvgIpc) is 3.07. The minimum absolute atomic E-state index is 0.324. The first-order valence-electron chi connectivity index (χ1n) is 10.1. The lowest BCUT2D eigenvalue weighted by Crippen LogP contribution is -2.06. The fourth-order valence-corrected chi connectivity index (χ4v) is 3.86. The van der Waals surface area contributed by atoms with Crippen LogP contribution in [0, 0.1) is 13.8 Å². The van der Waals surface area contributed by atoms with Crippen molar-refractivity contribution in [1.82, 2.24) is 4.98 Å². The van der Waals surface area contributed by atoms with Crippen LogP contribution in [0.1, 0.15) is 45.8 Å². The van der Waals surface area contributed by atoms with Crippen molar-refractivity contribution < 1.29 is 23.7 Å². The molecule has 1 aromatic heterocycles. The topological polar surface area (TPSA) is 66.9 Å². The van der Waals surface area contributed by atoms with Gasteiger partial charge in [0, 0.05) is 5.56 Å². The number of cyclic esters (lactones) is 1. The van der Waals surface area contributed by atoms with E-state index < -0.39 is 6.10 Å². The van der Waals surface area contributed by atoms with Crippen LogP contribution in [0.25, 0.3) is 11.3 Å². The number of hydrogen-bond acceptors (Lipinski definition) is 6. The Morgan fingerprint density at radius 3 is 2.39 bits per heavy atom. The third kappa shape index (κ3) is 3.58. The van der Waals surface area contributed by atoms with Crippen LogP contribution < -0.4 is 14.2 Å². The van der Waals surface area contributed by atoms with Crippen LogP contribution in [-0.4, -0.2) is 25.2 Å². The average molecular weight is 419 g/mol. The molecule has 6 heteroatoms. The summed E-state index contributed by atoms with van der Waals surface area (Å²) in [4.78, 5) is 17.1. The number of nitrogens with zero attached hydrogens (tertiary/aromatic N) is 1. The predicted octanol–water partition coefficient (Wildman–Crippen LogP) is 5.19. The monoisotopic (exact) mass is 419 g/mol. The highest BCUT2D eigenvalue weighted by atomic mass is 16.5. The van der Waals surface area contributed by atoms with Gasteiger partial charge in [0.15, 0.2) is 11.5 Å². The highest BCUT2D eigenvalue weighted by molar-refractivity contribution is 5.96. The first-order chi connectivity index (χ1) is 15.0. The Bertz CT molecular complexity index is 1140. The summed E-state index contributed by atoms with van der Waals surface area (Å²) in [6, 6.07) is 13.6. The van der Waals surface area contributed by atoms with E-state index in [1.165, 1.54) is 0 Å². The van der Waals surface area contributed by atoms with Gasteiger partial charge in [-0.1, -0.05) is 30.3 Å². The van der Waals surface area contributed by atoms with Gasteiger partial charge in [-0.25, -0.2) is 9.78 Å². The molecule has 0 spiro atoms. The van der Waals surface area contributed by atoms with E-state index in [9.17, 15) is 4.79 Å². The molecule has 0 fully saturated rings. The SMILES string of the molecule is COc1ccc(-c2nc3c(c(C)c2C)C(=O)OC3C)c(OCc2ccccc2)c1OC. The minimum Gasteiger partial charge on any atom is -0.493 e. The second-order valence-electron chi connectivity index (χ2n) is 7.47. The zero-order valence-electron chi connectivity index (χ0n) is 18.3. The number of rotatable bonds is 6. The standard InChI is InChI=1S/C25H25NO5/c1-14-15(2)21(26-22-16(3)31-25(27)20(14)22)18-11-12-19(28-4)24(29-5)23(18)30-13-17-9-7-6-8-10-17/h6-12,16H,13H2,1-5H3. The summed E-state index contributed by atoms with van der Waals surface area (Å²) in [5.74, 6) is 1.28. The lowest BCUT2D eigenvalue weighted by Gasteiger charge is -2.19. The highest BCUT2D eigenvalue weighted by Crippen LogP contribution is 2.46. The van der Waals surface area contributed by atoms with Crippen LogP contribution >= 0.6 is 0 Å². The Kier molecular flexibility index (Phi) is 5.55. The zero-order valence-corrected chi connectivity index (χ0v) is 18.3. The van der Waals surface area contributed by atoms with E-state index in [-0.39, 0.29) is 5.97 Å². The quantitative estimate of drug-likeness (QED) is 0.512. The van der Waals surface area contributed by atoms with Gasteiger partial charge >= 0.3 is 5.97 Å². The number of hydrogen-bond donors (Lipinski definition) is 0. The second-order valence-corrected chi connectivity index (χ2v) is 7.47. The van der Waals surface area contributed by atoms with Gasteiger partial charge in [-0.3, -0.25) is 0 Å². The van der Waals surface area contributed by atoms with Crippen molar-refractivity contribution in [3.05, 3.63) is 70.4 Å². The van der Waals surface area contributed by atoms with Crippen LogP contribution in [0.4, 0.5) is 0 Å². The molecule has 0 bridgehead atoms. The first-order valence-corrected chi connectivity index (χ1v) is 10.1. The summed E-state index contributed by atoms with van der Waals surface area (Å²) in [6.45, 7) is 6.06. The summed E-state index contributed by atoms with van der Waals surface area (Å²) < 4.78 is 22.8. The number of aromatic nitrogens is 1. The van der Waals surface area contributed by atoms with E-state index in [4.69, 9.17) is 23.9 Å². The van der Waals surface area contributed by atoms with E-state index >= 15 is 0 Å². The molecule has 6 nitrogen and oxygen atoms in total. The molecular weight excluding hydrogens is 394 g/mol. The Labute approximate surface area is 181 Å². The number of carbonyl (C=O) groups excluding carboxylic acids is 1. The summed E-state index contributed by atoms with van der Waals surface area (Å²) in [5.41, 5.74) is 5.47. The van der Waals surface area contributed by atoms with Crippen molar-refractivity contribution in [2.45, 2.75) is 33.5 Å². The van der Waals surface area contributed by atoms with E-state index in [0.717, 1.165) is 27.9 Å². The molecule has 3 aromatic rings. The van der Waals surface area contributed by atoms with E-state index in [1.807, 2.05) is 63.2 Å². The summed E-state index contributed by atoms with van der Waals surface area (Å²) in [5, 5.41) is 0. The van der Waals surface area contributed by atoms with Crippen molar-refractivity contribution in [2.75, 3.05) is 14.2 Å². The Hall–Kier alpha value is -3.54. The number of esters is 1. The van der Waals surface area contributed by atoms with Crippen LogP contribution in [0.3, 0.4) is 0 Å². The van der Waals surface area contributed by atoms with Crippen LogP contribution in [0.15, 0.2) is 42.5 Å². The molecule has 0 N–H and O–H groups in total. The molecule has 0 saturated carbocycles. The number of carbonyl (C=O) groups is 1. The fourth-order valence-electron chi connectivity index (χ4n) is 3.86. The van der Waals surface area contributed by atoms with Gasteiger partial charge in [-0.2, -0.15) is 0 Å². The fraction of sp³-hybridized carbons (Fsp3) is 0.280. The maximum absolute atomic E-state index is 12.3. The molecule has 0 saturated heterocycles. The van der Waals surface area contributed by atoms with Crippen molar-refractivity contribution >= 4 is 5.97 Å². The molecule has 1 aliphatic rings. The van der Waals surface area contributed by atoms with Gasteiger partial charge in [0.25, 0.3) is 0 Å². The maximum Gasteiger partial charge on any atom is 0.341 e. The van der Waals surface area contributed by atoms with Gasteiger partial charge in [0.1, 0.15) is 12.7 Å². The number of pyridine rings is 1. The molecule has 0 aliphatic carbocycles. The molecule has 1 unspecified atom stereocenters. The van der Waals surface area contributed by atoms with Crippen molar-refractivity contribution in [3.8, 4) is 28.5 Å². The molecular formula is C25H25NO5. The van der Waals surface area contributed by atoms with Crippen LogP contribution in [-0.2, 0) is 11.3 Å². The second kappa shape index (κ2) is 8.30. The third-order valence-corrected chi connectivity index (χ3v) is 5.64. The van der Waals surface area contributed by atoms with E-state index in [1.54, 1.807) is 14.2 Å². The first kappa shape index (κ1) is 20.7. The zero-order chi connectivity index (χ0) is 22.1. The van der Waals surface area contributed by atoms with Gasteiger partial charge in [-0.05, 0) is 49.6 Å². The Morgan fingerprint density at radius 1 is 0.968 bits per heavy atom. The van der Waals surface area contributed by atoms with Crippen LogP contribution in [0.2, 0.25) is 0 Å². The molecule has 1 atom stereocenters. The molecule has 2 heterocycles. The molecule has 31 heavy (non-hydrogen) atoms. The van der Waals surface area contributed by atoms with Gasteiger partial charge in [0.05, 0.1) is 31.2 Å². The molecule has 0 radical (unpaired) electrons.